The maximum atomic E-state index is 13.0. The quantitative estimate of drug-likeness (QED) is 0.339. The monoisotopic (exact) mass is 480 g/mol. The molecule has 2 aromatic rings. The van der Waals surface area contributed by atoms with Gasteiger partial charge in [0, 0.05) is 21.9 Å². The molecule has 1 aliphatic rings. The fourth-order valence-electron chi connectivity index (χ4n) is 2.83. The third-order valence-corrected chi connectivity index (χ3v) is 5.18. The first-order chi connectivity index (χ1) is 13.3. The predicted molar refractivity (Wildman–Crippen MR) is 115 cm³/mol. The van der Waals surface area contributed by atoms with Crippen LogP contribution in [-0.2, 0) is 4.79 Å². The minimum absolute atomic E-state index is 0.0202. The number of allylic oxidation sites excluding steroid dienone is 1. The molecule has 144 valence electrons. The Morgan fingerprint density at radius 3 is 2.61 bits per heavy atom. The van der Waals surface area contributed by atoms with Crippen molar-refractivity contribution in [1.29, 1.82) is 0 Å². The van der Waals surface area contributed by atoms with Crippen molar-refractivity contribution < 1.29 is 9.72 Å². The Labute approximate surface area is 179 Å². The highest BCUT2D eigenvalue weighted by Gasteiger charge is 2.31. The molecule has 0 fully saturated rings. The van der Waals surface area contributed by atoms with E-state index < -0.39 is 11.0 Å². The van der Waals surface area contributed by atoms with Crippen LogP contribution < -0.4 is 16.0 Å². The van der Waals surface area contributed by atoms with Crippen LogP contribution in [0.1, 0.15) is 18.5 Å². The summed E-state index contributed by atoms with van der Waals surface area (Å²) < 4.78 is 0.888. The zero-order valence-electron chi connectivity index (χ0n) is 14.5. The van der Waals surface area contributed by atoms with Gasteiger partial charge in [0.15, 0.2) is 5.11 Å². The molecule has 1 amide bonds. The molecule has 2 aromatic carbocycles. The van der Waals surface area contributed by atoms with E-state index in [1.54, 1.807) is 25.1 Å². The molecule has 0 bridgehead atoms. The first-order valence-corrected chi connectivity index (χ1v) is 9.63. The average Bonchev–Trinajstić information content (AvgIpc) is 2.63. The summed E-state index contributed by atoms with van der Waals surface area (Å²) >= 11 is 14.5. The molecule has 28 heavy (non-hydrogen) atoms. The molecule has 0 aromatic heterocycles. The van der Waals surface area contributed by atoms with E-state index >= 15 is 0 Å². The number of nitrogens with zero attached hydrogens (tertiary/aromatic N) is 1. The predicted octanol–water partition coefficient (Wildman–Crippen LogP) is 4.44. The number of hydrogen-bond donors (Lipinski definition) is 3. The number of carbonyl (C=O) groups is 1. The lowest BCUT2D eigenvalue weighted by Crippen LogP contribution is -2.45. The van der Waals surface area contributed by atoms with Crippen LogP contribution in [0.4, 0.5) is 11.4 Å². The summed E-state index contributed by atoms with van der Waals surface area (Å²) in [6.45, 7) is 1.72. The summed E-state index contributed by atoms with van der Waals surface area (Å²) in [5.74, 6) is -0.357. The zero-order chi connectivity index (χ0) is 20.4. The summed E-state index contributed by atoms with van der Waals surface area (Å²) in [5, 5.41) is 20.3. The van der Waals surface area contributed by atoms with Crippen LogP contribution in [0.5, 0.6) is 0 Å². The second-order valence-corrected chi connectivity index (χ2v) is 7.73. The Morgan fingerprint density at radius 2 is 1.96 bits per heavy atom. The van der Waals surface area contributed by atoms with Crippen LogP contribution >= 0.6 is 39.7 Å². The SMILES string of the molecule is CC1=C(C(=O)Nc2ccc(Br)cc2)C(c2ccc(Cl)c([N+](=O)[O-])c2)NC(=S)N1. The molecule has 1 aliphatic heterocycles. The number of thiocarbonyl (C=S) groups is 1. The summed E-state index contributed by atoms with van der Waals surface area (Å²) in [4.78, 5) is 23.6. The maximum Gasteiger partial charge on any atom is 0.288 e. The maximum absolute atomic E-state index is 13.0. The van der Waals surface area contributed by atoms with Crippen LogP contribution in [0.3, 0.4) is 0 Å². The lowest BCUT2D eigenvalue weighted by molar-refractivity contribution is -0.384. The molecular weight excluding hydrogens is 468 g/mol. The van der Waals surface area contributed by atoms with Gasteiger partial charge in [-0.1, -0.05) is 33.6 Å². The molecule has 10 heteroatoms. The number of nitrogens with one attached hydrogen (secondary N) is 3. The van der Waals surface area contributed by atoms with Gasteiger partial charge >= 0.3 is 0 Å². The molecule has 0 aliphatic carbocycles. The molecule has 1 unspecified atom stereocenters. The molecule has 7 nitrogen and oxygen atoms in total. The smallest absolute Gasteiger partial charge is 0.288 e. The molecular formula is C18H14BrClN4O3S. The van der Waals surface area contributed by atoms with Crippen molar-refractivity contribution in [1.82, 2.24) is 10.6 Å². The number of nitro groups is 1. The van der Waals surface area contributed by atoms with Gasteiger partial charge in [-0.2, -0.15) is 0 Å². The lowest BCUT2D eigenvalue weighted by atomic mass is 9.94. The van der Waals surface area contributed by atoms with Gasteiger partial charge < -0.3 is 16.0 Å². The Hall–Kier alpha value is -2.49. The number of nitro benzene ring substituents is 1. The Kier molecular flexibility index (Phi) is 5.97. The van der Waals surface area contributed by atoms with E-state index in [1.165, 1.54) is 12.1 Å². The van der Waals surface area contributed by atoms with E-state index in [0.29, 0.717) is 27.6 Å². The van der Waals surface area contributed by atoms with Gasteiger partial charge in [0.25, 0.3) is 11.6 Å². The third kappa shape index (κ3) is 4.32. The van der Waals surface area contributed by atoms with Crippen molar-refractivity contribution in [3.05, 3.63) is 78.9 Å². The Morgan fingerprint density at radius 1 is 1.29 bits per heavy atom. The van der Waals surface area contributed by atoms with Gasteiger partial charge in [-0.05, 0) is 55.0 Å². The Balaban J connectivity index is 1.99. The molecule has 3 rings (SSSR count). The molecule has 1 heterocycles. The van der Waals surface area contributed by atoms with E-state index in [-0.39, 0.29) is 16.6 Å². The number of hydrogen-bond acceptors (Lipinski definition) is 4. The number of amides is 1. The summed E-state index contributed by atoms with van der Waals surface area (Å²) in [5.41, 5.74) is 1.80. The van der Waals surface area contributed by atoms with Crippen molar-refractivity contribution >= 4 is 62.1 Å². The minimum atomic E-state index is -0.667. The highest BCUT2D eigenvalue weighted by atomic mass is 79.9. The number of benzene rings is 2. The highest BCUT2D eigenvalue weighted by molar-refractivity contribution is 9.10. The number of rotatable bonds is 4. The highest BCUT2D eigenvalue weighted by Crippen LogP contribution is 2.33. The Bertz CT molecular complexity index is 1010. The summed E-state index contributed by atoms with van der Waals surface area (Å²) in [6, 6.07) is 10.9. The van der Waals surface area contributed by atoms with E-state index in [9.17, 15) is 14.9 Å². The van der Waals surface area contributed by atoms with Crippen molar-refractivity contribution in [2.45, 2.75) is 13.0 Å². The molecule has 0 radical (unpaired) electrons. The lowest BCUT2D eigenvalue weighted by Gasteiger charge is -2.30. The fourth-order valence-corrected chi connectivity index (χ4v) is 3.55. The van der Waals surface area contributed by atoms with Crippen molar-refractivity contribution in [3.63, 3.8) is 0 Å². The van der Waals surface area contributed by atoms with Crippen molar-refractivity contribution in [3.8, 4) is 0 Å². The van der Waals surface area contributed by atoms with Crippen molar-refractivity contribution in [2.75, 3.05) is 5.32 Å². The van der Waals surface area contributed by atoms with Gasteiger partial charge in [0.1, 0.15) is 5.02 Å². The summed E-state index contributed by atoms with van der Waals surface area (Å²) in [7, 11) is 0. The molecule has 3 N–H and O–H groups in total. The number of anilines is 1. The van der Waals surface area contributed by atoms with Crippen LogP contribution in [-0.4, -0.2) is 15.9 Å². The normalized spacial score (nSPS) is 16.2. The van der Waals surface area contributed by atoms with Gasteiger partial charge in [-0.15, -0.1) is 0 Å². The second-order valence-electron chi connectivity index (χ2n) is 6.00. The standard InChI is InChI=1S/C18H14BrClN4O3S/c1-9-15(17(25)22-12-5-3-11(19)4-6-12)16(23-18(28)21-9)10-2-7-13(20)14(8-10)24(26)27/h2-8,16H,1H3,(H,22,25)(H2,21,23,28). The number of halogens is 2. The van der Waals surface area contributed by atoms with Gasteiger partial charge in [0.05, 0.1) is 16.5 Å². The zero-order valence-corrected chi connectivity index (χ0v) is 17.6. The topological polar surface area (TPSA) is 96.3 Å². The largest absolute Gasteiger partial charge is 0.351 e. The van der Waals surface area contributed by atoms with Crippen LogP contribution in [0.2, 0.25) is 5.02 Å². The summed E-state index contributed by atoms with van der Waals surface area (Å²) in [6.07, 6.45) is 0. The fraction of sp³-hybridized carbons (Fsp3) is 0.111. The first kappa shape index (κ1) is 20.2. The molecule has 0 saturated carbocycles. The third-order valence-electron chi connectivity index (χ3n) is 4.12. The van der Waals surface area contributed by atoms with E-state index in [1.807, 2.05) is 12.1 Å². The van der Waals surface area contributed by atoms with Crippen LogP contribution in [0.25, 0.3) is 0 Å². The van der Waals surface area contributed by atoms with Gasteiger partial charge in [-0.3, -0.25) is 14.9 Å². The van der Waals surface area contributed by atoms with E-state index in [2.05, 4.69) is 31.9 Å². The van der Waals surface area contributed by atoms with Crippen LogP contribution in [0, 0.1) is 10.1 Å². The van der Waals surface area contributed by atoms with Gasteiger partial charge in [0.2, 0.25) is 0 Å². The second kappa shape index (κ2) is 8.26. The average molecular weight is 482 g/mol. The molecule has 0 spiro atoms. The van der Waals surface area contributed by atoms with E-state index in [0.717, 1.165) is 4.47 Å². The minimum Gasteiger partial charge on any atom is -0.351 e. The van der Waals surface area contributed by atoms with Crippen molar-refractivity contribution in [2.24, 2.45) is 0 Å². The number of carbonyl (C=O) groups excluding carboxylic acids is 1. The first-order valence-electron chi connectivity index (χ1n) is 8.05. The van der Waals surface area contributed by atoms with Crippen LogP contribution in [0.15, 0.2) is 58.2 Å². The van der Waals surface area contributed by atoms with Gasteiger partial charge in [-0.25, -0.2) is 0 Å². The molecule has 1 atom stereocenters. The van der Waals surface area contributed by atoms with E-state index in [4.69, 9.17) is 23.8 Å². The molecule has 0 saturated heterocycles.